The van der Waals surface area contributed by atoms with Crippen molar-refractivity contribution in [1.82, 2.24) is 5.32 Å². The molecule has 3 rings (SSSR count). The van der Waals surface area contributed by atoms with Gasteiger partial charge in [-0.25, -0.2) is 4.79 Å². The van der Waals surface area contributed by atoms with Crippen LogP contribution < -0.4 is 16.0 Å². The van der Waals surface area contributed by atoms with Crippen molar-refractivity contribution >= 4 is 11.7 Å². The smallest absolute Gasteiger partial charge is 0.322 e. The maximum atomic E-state index is 13.3. The van der Waals surface area contributed by atoms with E-state index in [0.717, 1.165) is 35.2 Å². The lowest BCUT2D eigenvalue weighted by Crippen LogP contribution is -2.50. The van der Waals surface area contributed by atoms with Gasteiger partial charge in [-0.1, -0.05) is 80.1 Å². The van der Waals surface area contributed by atoms with Gasteiger partial charge in [0, 0.05) is 25.4 Å². The predicted molar refractivity (Wildman–Crippen MR) is 141 cm³/mol. The first-order chi connectivity index (χ1) is 16.4. The fraction of sp³-hybridized carbons (Fsp3) is 0.345. The number of nitrogens with one attached hydrogen (secondary N) is 1. The van der Waals surface area contributed by atoms with Crippen LogP contribution in [0.5, 0.6) is 0 Å². The second kappa shape index (κ2) is 12.4. The van der Waals surface area contributed by atoms with Crippen molar-refractivity contribution in [2.75, 3.05) is 18.6 Å². The number of anilines is 1. The number of nitrogens with two attached hydrogens (primary N) is 1. The third-order valence-electron chi connectivity index (χ3n) is 6.26. The van der Waals surface area contributed by atoms with Crippen molar-refractivity contribution in [1.29, 1.82) is 0 Å². The van der Waals surface area contributed by atoms with Gasteiger partial charge in [-0.2, -0.15) is 0 Å². The topological polar surface area (TPSA) is 67.6 Å². The van der Waals surface area contributed by atoms with Crippen LogP contribution >= 0.6 is 0 Å². The van der Waals surface area contributed by atoms with Gasteiger partial charge in [0.2, 0.25) is 0 Å². The minimum Gasteiger partial charge on any atom is -0.380 e. The van der Waals surface area contributed by atoms with Gasteiger partial charge in [-0.3, -0.25) is 4.90 Å². The standard InChI is InChI=1S/C29H37N3O2/c1-5-9-23-12-14-25(15-13-23)26-16-18-27(19-17-26)32(20-28(30)22(3)34-4)29(33)31-21(2)24-10-7-6-8-11-24/h6-8,10-19,21-22,28H,5,9,20,30H2,1-4H3,(H,31,33)/t21-,22+,28+/m0/s1. The van der Waals surface area contributed by atoms with Gasteiger partial charge in [0.05, 0.1) is 12.1 Å². The number of aryl methyl sites for hydroxylation is 1. The Kier molecular flexibility index (Phi) is 9.25. The summed E-state index contributed by atoms with van der Waals surface area (Å²) in [5.41, 5.74) is 11.8. The summed E-state index contributed by atoms with van der Waals surface area (Å²) in [6.07, 6.45) is 2.05. The first-order valence-electron chi connectivity index (χ1n) is 12.0. The lowest BCUT2D eigenvalue weighted by molar-refractivity contribution is 0.0975. The largest absolute Gasteiger partial charge is 0.380 e. The first kappa shape index (κ1) is 25.5. The highest BCUT2D eigenvalue weighted by Gasteiger charge is 2.23. The highest BCUT2D eigenvalue weighted by molar-refractivity contribution is 5.92. The maximum Gasteiger partial charge on any atom is 0.322 e. The molecule has 0 radical (unpaired) electrons. The zero-order valence-corrected chi connectivity index (χ0v) is 20.7. The molecular weight excluding hydrogens is 422 g/mol. The maximum absolute atomic E-state index is 13.3. The molecule has 180 valence electrons. The van der Waals surface area contributed by atoms with Crippen molar-refractivity contribution in [2.24, 2.45) is 5.73 Å². The normalized spacial score (nSPS) is 13.7. The highest BCUT2D eigenvalue weighted by Crippen LogP contribution is 2.25. The van der Waals surface area contributed by atoms with Crippen LogP contribution in [-0.4, -0.2) is 31.8 Å². The first-order valence-corrected chi connectivity index (χ1v) is 12.0. The minimum absolute atomic E-state index is 0.131. The van der Waals surface area contributed by atoms with E-state index < -0.39 is 0 Å². The number of methoxy groups -OCH3 is 1. The van der Waals surface area contributed by atoms with Gasteiger partial charge in [-0.15, -0.1) is 0 Å². The predicted octanol–water partition coefficient (Wildman–Crippen LogP) is 5.95. The Morgan fingerprint density at radius 3 is 2.09 bits per heavy atom. The molecule has 0 aromatic heterocycles. The number of ether oxygens (including phenoxy) is 1. The molecule has 3 atom stereocenters. The second-order valence-electron chi connectivity index (χ2n) is 8.79. The molecule has 34 heavy (non-hydrogen) atoms. The quantitative estimate of drug-likeness (QED) is 0.394. The fourth-order valence-corrected chi connectivity index (χ4v) is 3.91. The van der Waals surface area contributed by atoms with Crippen molar-refractivity contribution in [3.05, 3.63) is 90.0 Å². The van der Waals surface area contributed by atoms with Crippen LogP contribution in [0.1, 0.15) is 44.4 Å². The average Bonchev–Trinajstić information content (AvgIpc) is 2.87. The number of carbonyl (C=O) groups is 1. The Morgan fingerprint density at radius 1 is 0.941 bits per heavy atom. The van der Waals surface area contributed by atoms with Gasteiger partial charge in [-0.05, 0) is 54.7 Å². The molecule has 0 heterocycles. The number of hydrogen-bond donors (Lipinski definition) is 2. The zero-order valence-electron chi connectivity index (χ0n) is 20.7. The van der Waals surface area contributed by atoms with Crippen molar-refractivity contribution in [3.8, 4) is 11.1 Å². The number of rotatable bonds is 10. The van der Waals surface area contributed by atoms with E-state index in [1.807, 2.05) is 56.3 Å². The minimum atomic E-state index is -0.325. The number of urea groups is 1. The van der Waals surface area contributed by atoms with Crippen LogP contribution in [0.25, 0.3) is 11.1 Å². The summed E-state index contributed by atoms with van der Waals surface area (Å²) in [7, 11) is 1.63. The lowest BCUT2D eigenvalue weighted by atomic mass is 10.0. The molecule has 0 aliphatic rings. The Morgan fingerprint density at radius 2 is 1.53 bits per heavy atom. The molecule has 0 aliphatic carbocycles. The Hall–Kier alpha value is -3.15. The number of amides is 2. The van der Waals surface area contributed by atoms with Crippen molar-refractivity contribution in [2.45, 2.75) is 51.8 Å². The molecule has 0 bridgehead atoms. The van der Waals surface area contributed by atoms with Crippen molar-refractivity contribution in [3.63, 3.8) is 0 Å². The molecule has 0 aliphatic heterocycles. The summed E-state index contributed by atoms with van der Waals surface area (Å²) in [6.45, 7) is 6.43. The van der Waals surface area contributed by atoms with Crippen LogP contribution in [0.2, 0.25) is 0 Å². The third-order valence-corrected chi connectivity index (χ3v) is 6.26. The van der Waals surface area contributed by atoms with E-state index in [9.17, 15) is 4.79 Å². The SMILES string of the molecule is CCCc1ccc(-c2ccc(N(C[C@@H](N)[C@@H](C)OC)C(=O)N[C@@H](C)c3ccccc3)cc2)cc1. The summed E-state index contributed by atoms with van der Waals surface area (Å²) in [4.78, 5) is 15.0. The van der Waals surface area contributed by atoms with Gasteiger partial charge in [0.15, 0.2) is 0 Å². The molecule has 5 heteroatoms. The van der Waals surface area contributed by atoms with Gasteiger partial charge in [0.1, 0.15) is 0 Å². The fourth-order valence-electron chi connectivity index (χ4n) is 3.91. The Balaban J connectivity index is 1.81. The molecule has 3 aromatic rings. The van der Waals surface area contributed by atoms with Crippen LogP contribution in [0.3, 0.4) is 0 Å². The van der Waals surface area contributed by atoms with E-state index in [1.54, 1.807) is 12.0 Å². The highest BCUT2D eigenvalue weighted by atomic mass is 16.5. The number of benzene rings is 3. The van der Waals surface area contributed by atoms with Gasteiger partial charge >= 0.3 is 6.03 Å². The number of carbonyl (C=O) groups excluding carboxylic acids is 1. The molecule has 0 spiro atoms. The van der Waals surface area contributed by atoms with E-state index in [0.29, 0.717) is 6.54 Å². The Labute approximate surface area is 203 Å². The average molecular weight is 460 g/mol. The molecule has 0 saturated carbocycles. The summed E-state index contributed by atoms with van der Waals surface area (Å²) in [5, 5.41) is 3.11. The van der Waals surface area contributed by atoms with E-state index in [1.165, 1.54) is 5.56 Å². The van der Waals surface area contributed by atoms with Gasteiger partial charge < -0.3 is 15.8 Å². The molecular formula is C29H37N3O2. The van der Waals surface area contributed by atoms with Crippen LogP contribution in [0.15, 0.2) is 78.9 Å². The van der Waals surface area contributed by atoms with Gasteiger partial charge in [0.25, 0.3) is 0 Å². The molecule has 3 N–H and O–H groups in total. The summed E-state index contributed by atoms with van der Waals surface area (Å²) >= 11 is 0. The molecule has 0 saturated heterocycles. The number of hydrogen-bond acceptors (Lipinski definition) is 3. The van der Waals surface area contributed by atoms with E-state index >= 15 is 0 Å². The number of nitrogens with zero attached hydrogens (tertiary/aromatic N) is 1. The Bertz CT molecular complexity index is 1020. The van der Waals surface area contributed by atoms with Crippen LogP contribution in [0, 0.1) is 0 Å². The zero-order chi connectivity index (χ0) is 24.5. The lowest BCUT2D eigenvalue weighted by Gasteiger charge is -2.30. The molecule has 3 aromatic carbocycles. The van der Waals surface area contributed by atoms with Crippen LogP contribution in [0.4, 0.5) is 10.5 Å². The van der Waals surface area contributed by atoms with Crippen LogP contribution in [-0.2, 0) is 11.2 Å². The van der Waals surface area contributed by atoms with E-state index in [4.69, 9.17) is 10.5 Å². The molecule has 0 fully saturated rings. The summed E-state index contributed by atoms with van der Waals surface area (Å²) in [5.74, 6) is 0. The van der Waals surface area contributed by atoms with E-state index in [2.05, 4.69) is 48.6 Å². The third kappa shape index (κ3) is 6.69. The molecule has 2 amide bonds. The molecule has 0 unspecified atom stereocenters. The van der Waals surface area contributed by atoms with E-state index in [-0.39, 0.29) is 24.2 Å². The van der Waals surface area contributed by atoms with Crippen molar-refractivity contribution < 1.29 is 9.53 Å². The molecule has 5 nitrogen and oxygen atoms in total. The summed E-state index contributed by atoms with van der Waals surface area (Å²) < 4.78 is 5.40. The second-order valence-corrected chi connectivity index (χ2v) is 8.79. The summed E-state index contributed by atoms with van der Waals surface area (Å²) in [6, 6.07) is 26.0. The monoisotopic (exact) mass is 459 g/mol.